The molecule has 3 nitrogen and oxygen atoms in total. The third-order valence-corrected chi connectivity index (χ3v) is 4.50. The van der Waals surface area contributed by atoms with Gasteiger partial charge < -0.3 is 10.4 Å². The SMILES string of the molecule is CC1(C)CC(C)(C)CC(Nc2ccccc2Cl)(C(=O)O)C1. The molecule has 1 aliphatic carbocycles. The lowest BCUT2D eigenvalue weighted by atomic mass is 9.58. The molecule has 2 N–H and O–H groups in total. The zero-order valence-electron chi connectivity index (χ0n) is 13.2. The number of anilines is 1. The van der Waals surface area contributed by atoms with E-state index >= 15 is 0 Å². The highest BCUT2D eigenvalue weighted by molar-refractivity contribution is 6.33. The molecular weight excluding hydrogens is 286 g/mol. The Bertz CT molecular complexity index is 535. The number of hydrogen-bond acceptors (Lipinski definition) is 2. The Morgan fingerprint density at radius 3 is 2.10 bits per heavy atom. The van der Waals surface area contributed by atoms with Gasteiger partial charge in [-0.25, -0.2) is 4.79 Å². The molecule has 1 aromatic rings. The van der Waals surface area contributed by atoms with Crippen LogP contribution in [0, 0.1) is 10.8 Å². The molecular formula is C17H24ClNO2. The maximum absolute atomic E-state index is 12.1. The normalized spacial score (nSPS) is 22.5. The van der Waals surface area contributed by atoms with Crippen LogP contribution in [0.15, 0.2) is 24.3 Å². The lowest BCUT2D eigenvalue weighted by molar-refractivity contribution is -0.147. The lowest BCUT2D eigenvalue weighted by Crippen LogP contribution is -2.56. The van der Waals surface area contributed by atoms with Crippen molar-refractivity contribution >= 4 is 23.3 Å². The molecule has 0 amide bonds. The summed E-state index contributed by atoms with van der Waals surface area (Å²) in [5.74, 6) is -0.803. The maximum atomic E-state index is 12.1. The number of carboxylic acid groups (broad SMARTS) is 1. The van der Waals surface area contributed by atoms with Gasteiger partial charge in [0.2, 0.25) is 0 Å². The molecule has 4 heteroatoms. The van der Waals surface area contributed by atoms with E-state index in [0.717, 1.165) is 6.42 Å². The number of nitrogens with one attached hydrogen (secondary N) is 1. The van der Waals surface area contributed by atoms with Crippen molar-refractivity contribution in [2.75, 3.05) is 5.32 Å². The summed E-state index contributed by atoms with van der Waals surface area (Å²) in [5, 5.41) is 13.7. The summed E-state index contributed by atoms with van der Waals surface area (Å²) in [6.45, 7) is 8.56. The highest BCUT2D eigenvalue weighted by Crippen LogP contribution is 2.51. The summed E-state index contributed by atoms with van der Waals surface area (Å²) in [4.78, 5) is 12.1. The summed E-state index contributed by atoms with van der Waals surface area (Å²) >= 11 is 6.20. The lowest BCUT2D eigenvalue weighted by Gasteiger charge is -2.50. The van der Waals surface area contributed by atoms with E-state index in [1.54, 1.807) is 6.07 Å². The molecule has 1 aliphatic rings. The Kier molecular flexibility index (Phi) is 4.00. The zero-order valence-corrected chi connectivity index (χ0v) is 13.9. The van der Waals surface area contributed by atoms with Gasteiger partial charge in [0, 0.05) is 0 Å². The van der Waals surface area contributed by atoms with Gasteiger partial charge in [-0.1, -0.05) is 51.4 Å². The molecule has 1 aromatic carbocycles. The highest BCUT2D eigenvalue weighted by atomic mass is 35.5. The minimum absolute atomic E-state index is 0.0333. The molecule has 0 saturated heterocycles. The maximum Gasteiger partial charge on any atom is 0.329 e. The van der Waals surface area contributed by atoms with Crippen LogP contribution in [0.4, 0.5) is 5.69 Å². The molecule has 0 atom stereocenters. The summed E-state index contributed by atoms with van der Waals surface area (Å²) in [5.41, 5.74) is -0.353. The van der Waals surface area contributed by atoms with Gasteiger partial charge in [-0.2, -0.15) is 0 Å². The van der Waals surface area contributed by atoms with Crippen LogP contribution in [-0.2, 0) is 4.79 Å². The van der Waals surface area contributed by atoms with Gasteiger partial charge in [0.25, 0.3) is 0 Å². The van der Waals surface area contributed by atoms with Gasteiger partial charge >= 0.3 is 5.97 Å². The van der Waals surface area contributed by atoms with E-state index in [4.69, 9.17) is 11.6 Å². The number of carboxylic acids is 1. The quantitative estimate of drug-likeness (QED) is 0.842. The zero-order chi connectivity index (χ0) is 15.9. The number of benzene rings is 1. The first-order valence-corrected chi connectivity index (χ1v) is 7.69. The van der Waals surface area contributed by atoms with Gasteiger partial charge in [-0.05, 0) is 42.2 Å². The molecule has 0 aliphatic heterocycles. The van der Waals surface area contributed by atoms with Crippen molar-refractivity contribution in [2.45, 2.75) is 52.5 Å². The van der Waals surface area contributed by atoms with Gasteiger partial charge in [0.15, 0.2) is 0 Å². The first kappa shape index (κ1) is 16.2. The van der Waals surface area contributed by atoms with Gasteiger partial charge in [0.1, 0.15) is 5.54 Å². The molecule has 1 fully saturated rings. The number of aliphatic carboxylic acids is 1. The first-order chi connectivity index (χ1) is 9.55. The van der Waals surface area contributed by atoms with Crippen molar-refractivity contribution in [1.82, 2.24) is 0 Å². The van der Waals surface area contributed by atoms with Crippen molar-refractivity contribution in [1.29, 1.82) is 0 Å². The molecule has 0 bridgehead atoms. The predicted molar refractivity (Wildman–Crippen MR) is 86.9 cm³/mol. The van der Waals surface area contributed by atoms with Crippen LogP contribution in [0.2, 0.25) is 5.02 Å². The summed E-state index contributed by atoms with van der Waals surface area (Å²) < 4.78 is 0. The number of carbonyl (C=O) groups is 1. The Morgan fingerprint density at radius 1 is 1.10 bits per heavy atom. The molecule has 0 spiro atoms. The average molecular weight is 310 g/mol. The van der Waals surface area contributed by atoms with Crippen molar-refractivity contribution in [3.63, 3.8) is 0 Å². The van der Waals surface area contributed by atoms with E-state index in [1.165, 1.54) is 0 Å². The van der Waals surface area contributed by atoms with Crippen LogP contribution in [-0.4, -0.2) is 16.6 Å². The molecule has 0 aromatic heterocycles. The van der Waals surface area contributed by atoms with Crippen LogP contribution >= 0.6 is 11.6 Å². The summed E-state index contributed by atoms with van der Waals surface area (Å²) in [7, 11) is 0. The number of hydrogen-bond donors (Lipinski definition) is 2. The molecule has 0 radical (unpaired) electrons. The van der Waals surface area contributed by atoms with E-state index in [-0.39, 0.29) is 10.8 Å². The van der Waals surface area contributed by atoms with E-state index in [0.29, 0.717) is 23.6 Å². The fraction of sp³-hybridized carbons (Fsp3) is 0.588. The third-order valence-electron chi connectivity index (χ3n) is 4.17. The molecule has 116 valence electrons. The second kappa shape index (κ2) is 5.20. The van der Waals surface area contributed by atoms with Gasteiger partial charge in [-0.3, -0.25) is 0 Å². The van der Waals surface area contributed by atoms with E-state index in [9.17, 15) is 9.90 Å². The minimum atomic E-state index is -0.976. The fourth-order valence-corrected chi connectivity index (χ4v) is 4.41. The molecule has 0 unspecified atom stereocenters. The van der Waals surface area contributed by atoms with Crippen LogP contribution in [0.25, 0.3) is 0 Å². The third kappa shape index (κ3) is 3.52. The fourth-order valence-electron chi connectivity index (χ4n) is 4.23. The number of rotatable bonds is 3. The summed E-state index contributed by atoms with van der Waals surface area (Å²) in [6.07, 6.45) is 2.19. The second-order valence-electron chi connectivity index (χ2n) is 7.85. The van der Waals surface area contributed by atoms with Crippen molar-refractivity contribution < 1.29 is 9.90 Å². The van der Waals surface area contributed by atoms with Crippen LogP contribution in [0.5, 0.6) is 0 Å². The molecule has 1 saturated carbocycles. The predicted octanol–water partition coefficient (Wildman–Crippen LogP) is 4.81. The smallest absolute Gasteiger partial charge is 0.329 e. The monoisotopic (exact) mass is 309 g/mol. The van der Waals surface area contributed by atoms with Crippen LogP contribution in [0.3, 0.4) is 0 Å². The van der Waals surface area contributed by atoms with Crippen LogP contribution < -0.4 is 5.32 Å². The molecule has 21 heavy (non-hydrogen) atoms. The standard InChI is InChI=1S/C17H24ClNO2/c1-15(2)9-16(3,4)11-17(10-15,14(20)21)19-13-8-6-5-7-12(13)18/h5-8,19H,9-11H2,1-4H3,(H,20,21). The van der Waals surface area contributed by atoms with Gasteiger partial charge in [0.05, 0.1) is 10.7 Å². The molecule has 0 heterocycles. The van der Waals surface area contributed by atoms with Crippen LogP contribution in [0.1, 0.15) is 47.0 Å². The Labute approximate surface area is 131 Å². The van der Waals surface area contributed by atoms with Crippen molar-refractivity contribution in [3.8, 4) is 0 Å². The Morgan fingerprint density at radius 2 is 1.62 bits per heavy atom. The minimum Gasteiger partial charge on any atom is -0.480 e. The molecule has 2 rings (SSSR count). The average Bonchev–Trinajstić information content (AvgIpc) is 2.27. The van der Waals surface area contributed by atoms with E-state index in [1.807, 2.05) is 18.2 Å². The number of para-hydroxylation sites is 1. The second-order valence-corrected chi connectivity index (χ2v) is 8.26. The Balaban J connectivity index is 2.42. The summed E-state index contributed by atoms with van der Waals surface area (Å²) in [6, 6.07) is 7.32. The van der Waals surface area contributed by atoms with Crippen molar-refractivity contribution in [3.05, 3.63) is 29.3 Å². The van der Waals surface area contributed by atoms with Gasteiger partial charge in [-0.15, -0.1) is 0 Å². The topological polar surface area (TPSA) is 49.3 Å². The number of halogens is 1. The largest absolute Gasteiger partial charge is 0.480 e. The van der Waals surface area contributed by atoms with E-state index < -0.39 is 11.5 Å². The van der Waals surface area contributed by atoms with E-state index in [2.05, 4.69) is 33.0 Å². The highest BCUT2D eigenvalue weighted by Gasteiger charge is 2.52. The first-order valence-electron chi connectivity index (χ1n) is 7.32. The van der Waals surface area contributed by atoms with Crippen molar-refractivity contribution in [2.24, 2.45) is 10.8 Å². The Hall–Kier alpha value is -1.22.